The molecule has 2 aliphatic heterocycles. The lowest BCUT2D eigenvalue weighted by Crippen LogP contribution is -2.58. The molecule has 0 saturated heterocycles. The Morgan fingerprint density at radius 1 is 1.28 bits per heavy atom. The lowest BCUT2D eigenvalue weighted by Gasteiger charge is -2.44. The smallest absolute Gasteiger partial charge is 0.387 e. The fourth-order valence-corrected chi connectivity index (χ4v) is 5.75. The number of methoxy groups -OCH3 is 1. The number of rotatable bonds is 6. The lowest BCUT2D eigenvalue weighted by molar-refractivity contribution is -0.160. The number of thiazole rings is 1. The van der Waals surface area contributed by atoms with Gasteiger partial charge < -0.3 is 18.9 Å². The van der Waals surface area contributed by atoms with Crippen molar-refractivity contribution in [1.29, 1.82) is 0 Å². The zero-order chi connectivity index (χ0) is 25.6. The maximum absolute atomic E-state index is 13.7. The van der Waals surface area contributed by atoms with Crippen LogP contribution in [0.25, 0.3) is 6.08 Å². The normalized spacial score (nSPS) is 22.2. The van der Waals surface area contributed by atoms with Gasteiger partial charge in [0, 0.05) is 5.56 Å². The van der Waals surface area contributed by atoms with Gasteiger partial charge in [0.1, 0.15) is 11.7 Å². The number of alkyl halides is 2. The number of benzene rings is 2. The molecule has 2 aliphatic rings. The van der Waals surface area contributed by atoms with Crippen LogP contribution in [0.3, 0.4) is 0 Å². The van der Waals surface area contributed by atoms with Gasteiger partial charge in [-0.05, 0) is 43.7 Å². The Balaban J connectivity index is 1.68. The van der Waals surface area contributed by atoms with Crippen LogP contribution >= 0.6 is 11.3 Å². The van der Waals surface area contributed by atoms with Crippen LogP contribution in [-0.4, -0.2) is 36.6 Å². The summed E-state index contributed by atoms with van der Waals surface area (Å²) < 4.78 is 48.3. The van der Waals surface area contributed by atoms with E-state index in [1.165, 1.54) is 23.8 Å². The molecule has 0 unspecified atom stereocenters. The van der Waals surface area contributed by atoms with Gasteiger partial charge in [0.05, 0.1) is 24.3 Å². The Bertz CT molecular complexity index is 1520. The van der Waals surface area contributed by atoms with E-state index in [9.17, 15) is 18.4 Å². The van der Waals surface area contributed by atoms with E-state index in [-0.39, 0.29) is 23.7 Å². The third-order valence-electron chi connectivity index (χ3n) is 6.12. The average Bonchev–Trinajstić information content (AvgIpc) is 3.12. The molecule has 8 nitrogen and oxygen atoms in total. The fraction of sp³-hybridized carbons (Fsp3) is 0.320. The first-order valence-corrected chi connectivity index (χ1v) is 12.0. The first-order chi connectivity index (χ1) is 17.3. The molecular weight excluding hydrogens is 494 g/mol. The third-order valence-corrected chi connectivity index (χ3v) is 7.10. The Kier molecular flexibility index (Phi) is 6.03. The minimum absolute atomic E-state index is 0.100. The van der Waals surface area contributed by atoms with E-state index in [0.29, 0.717) is 26.2 Å². The number of carbonyl (C=O) groups excluding carboxylic acids is 1. The summed E-state index contributed by atoms with van der Waals surface area (Å²) in [6.07, 6.45) is 1.61. The van der Waals surface area contributed by atoms with Gasteiger partial charge in [-0.1, -0.05) is 35.6 Å². The number of para-hydroxylation sites is 1. The number of fused-ring (bicyclic) bond motifs is 6. The summed E-state index contributed by atoms with van der Waals surface area (Å²) >= 11 is 1.15. The van der Waals surface area contributed by atoms with Crippen LogP contribution in [0.1, 0.15) is 31.0 Å². The number of ether oxygens (including phenoxy) is 4. The van der Waals surface area contributed by atoms with Gasteiger partial charge >= 0.3 is 12.6 Å². The first kappa shape index (κ1) is 24.0. The highest BCUT2D eigenvalue weighted by Gasteiger charge is 2.55. The Hall–Kier alpha value is -3.73. The van der Waals surface area contributed by atoms with Crippen molar-refractivity contribution in [3.63, 3.8) is 0 Å². The SMILES string of the molecule is CCOC(=O)[C@H]1[C@H]2c3ccccc3O[C@@]1(C)N=c1s/c(=C\c3ccc(OC(F)F)c(OC)c3)c(=O)n12. The lowest BCUT2D eigenvalue weighted by atomic mass is 9.81. The summed E-state index contributed by atoms with van der Waals surface area (Å²) in [6.45, 7) is 0.604. The number of carbonyl (C=O) groups is 1. The molecule has 188 valence electrons. The topological polar surface area (TPSA) is 88.4 Å². The second-order valence-electron chi connectivity index (χ2n) is 8.34. The summed E-state index contributed by atoms with van der Waals surface area (Å²) in [4.78, 5) is 31.8. The molecule has 3 aromatic rings. The standard InChI is InChI=1S/C25H22F2N2O6S/c1-4-33-22(31)19-20-14-7-5-6-8-15(14)35-25(19,2)28-24-29(20)21(30)18(36-24)12-13-9-10-16(34-23(26)27)17(11-13)32-3/h5-12,19-20,23H,4H2,1-3H3/b18-12-/t19-,20-,25-/m1/s1. The number of hydrogen-bond donors (Lipinski definition) is 0. The summed E-state index contributed by atoms with van der Waals surface area (Å²) in [6, 6.07) is 10.9. The van der Waals surface area contributed by atoms with Gasteiger partial charge in [0.2, 0.25) is 5.72 Å². The molecule has 1 aromatic heterocycles. The Morgan fingerprint density at radius 2 is 2.06 bits per heavy atom. The van der Waals surface area contributed by atoms with Crippen LogP contribution in [0.4, 0.5) is 8.78 Å². The average molecular weight is 517 g/mol. The third kappa shape index (κ3) is 3.93. The number of halogens is 2. The molecule has 0 fully saturated rings. The van der Waals surface area contributed by atoms with Crippen LogP contribution in [0.15, 0.2) is 52.3 Å². The summed E-state index contributed by atoms with van der Waals surface area (Å²) in [5.41, 5.74) is -0.385. The van der Waals surface area contributed by atoms with E-state index >= 15 is 0 Å². The van der Waals surface area contributed by atoms with E-state index in [0.717, 1.165) is 11.3 Å². The minimum Gasteiger partial charge on any atom is -0.493 e. The van der Waals surface area contributed by atoms with Crippen LogP contribution in [0.5, 0.6) is 17.2 Å². The highest BCUT2D eigenvalue weighted by Crippen LogP contribution is 2.47. The van der Waals surface area contributed by atoms with Crippen molar-refractivity contribution in [2.45, 2.75) is 32.2 Å². The molecule has 0 spiro atoms. The highest BCUT2D eigenvalue weighted by atomic mass is 32.1. The maximum atomic E-state index is 13.7. The number of hydrogen-bond acceptors (Lipinski definition) is 8. The Morgan fingerprint density at radius 3 is 2.78 bits per heavy atom. The van der Waals surface area contributed by atoms with Gasteiger partial charge in [-0.25, -0.2) is 4.99 Å². The monoisotopic (exact) mass is 516 g/mol. The zero-order valence-corrected chi connectivity index (χ0v) is 20.4. The van der Waals surface area contributed by atoms with E-state index in [1.54, 1.807) is 32.1 Å². The molecule has 0 saturated carbocycles. The van der Waals surface area contributed by atoms with E-state index in [2.05, 4.69) is 4.74 Å². The van der Waals surface area contributed by atoms with Gasteiger partial charge in [0.25, 0.3) is 5.56 Å². The molecular formula is C25H22F2N2O6S. The van der Waals surface area contributed by atoms with Gasteiger partial charge in [-0.15, -0.1) is 0 Å². The number of aromatic nitrogens is 1. The summed E-state index contributed by atoms with van der Waals surface area (Å²) in [7, 11) is 1.34. The van der Waals surface area contributed by atoms with Gasteiger partial charge in [-0.2, -0.15) is 8.78 Å². The van der Waals surface area contributed by atoms with Crippen molar-refractivity contribution in [2.75, 3.05) is 13.7 Å². The van der Waals surface area contributed by atoms with E-state index in [4.69, 9.17) is 19.2 Å². The molecule has 0 aliphatic carbocycles. The van der Waals surface area contributed by atoms with Crippen LogP contribution < -0.4 is 29.1 Å². The molecule has 3 atom stereocenters. The van der Waals surface area contributed by atoms with Gasteiger partial charge in [-0.3, -0.25) is 14.2 Å². The van der Waals surface area contributed by atoms with Crippen LogP contribution in [-0.2, 0) is 9.53 Å². The molecule has 3 heterocycles. The van der Waals surface area contributed by atoms with Crippen molar-refractivity contribution in [2.24, 2.45) is 10.9 Å². The maximum Gasteiger partial charge on any atom is 0.387 e. The predicted molar refractivity (Wildman–Crippen MR) is 126 cm³/mol. The molecule has 0 radical (unpaired) electrons. The number of nitrogens with zero attached hydrogens (tertiary/aromatic N) is 2. The molecule has 2 aromatic carbocycles. The molecule has 0 amide bonds. The van der Waals surface area contributed by atoms with Crippen LogP contribution in [0, 0.1) is 5.92 Å². The molecule has 11 heteroatoms. The molecule has 36 heavy (non-hydrogen) atoms. The largest absolute Gasteiger partial charge is 0.493 e. The van der Waals surface area contributed by atoms with Crippen molar-refractivity contribution in [1.82, 2.24) is 4.57 Å². The second kappa shape index (κ2) is 9.05. The molecule has 2 bridgehead atoms. The molecule has 0 N–H and O–H groups in total. The minimum atomic E-state index is -3.00. The number of esters is 1. The Labute approximate surface area is 208 Å². The summed E-state index contributed by atoms with van der Waals surface area (Å²) in [5, 5.41) is 0. The molecule has 5 rings (SSSR count). The predicted octanol–water partition coefficient (Wildman–Crippen LogP) is 2.86. The van der Waals surface area contributed by atoms with Crippen molar-refractivity contribution < 1.29 is 32.5 Å². The van der Waals surface area contributed by atoms with Crippen molar-refractivity contribution in [3.05, 3.63) is 73.3 Å². The van der Waals surface area contributed by atoms with E-state index in [1.807, 2.05) is 18.2 Å². The zero-order valence-electron chi connectivity index (χ0n) is 19.6. The van der Waals surface area contributed by atoms with Crippen molar-refractivity contribution in [3.8, 4) is 17.2 Å². The van der Waals surface area contributed by atoms with Crippen molar-refractivity contribution >= 4 is 23.4 Å². The second-order valence-corrected chi connectivity index (χ2v) is 9.35. The quantitative estimate of drug-likeness (QED) is 0.469. The van der Waals surface area contributed by atoms with Gasteiger partial charge in [0.15, 0.2) is 16.3 Å². The highest BCUT2D eigenvalue weighted by molar-refractivity contribution is 7.07. The van der Waals surface area contributed by atoms with E-state index < -0.39 is 30.3 Å². The first-order valence-electron chi connectivity index (χ1n) is 11.2. The summed E-state index contributed by atoms with van der Waals surface area (Å²) in [5.74, 6) is -0.844. The van der Waals surface area contributed by atoms with Crippen LogP contribution in [0.2, 0.25) is 0 Å². The fourth-order valence-electron chi connectivity index (χ4n) is 4.66.